The summed E-state index contributed by atoms with van der Waals surface area (Å²) in [5.41, 5.74) is -1.39. The van der Waals surface area contributed by atoms with Gasteiger partial charge in [-0.1, -0.05) is 0 Å². The highest BCUT2D eigenvalue weighted by Crippen LogP contribution is 2.69. The molecular formula is C15H19FN2O10P2. The Bertz CT molecular complexity index is 1130. The summed E-state index contributed by atoms with van der Waals surface area (Å²) in [6.07, 6.45) is -0.278. The zero-order valence-electron chi connectivity index (χ0n) is 15.4. The van der Waals surface area contributed by atoms with E-state index in [0.29, 0.717) is 0 Å². The van der Waals surface area contributed by atoms with Gasteiger partial charge >= 0.3 is 21.2 Å². The Kier molecular flexibility index (Phi) is 6.60. The molecule has 0 unspecified atom stereocenters. The number of aromatic nitrogens is 1. The number of aliphatic hydroxyl groups is 1. The van der Waals surface area contributed by atoms with Crippen LogP contribution in [0.4, 0.5) is 10.1 Å². The molecule has 12 nitrogen and oxygen atoms in total. The average Bonchev–Trinajstić information content (AvgIpc) is 2.59. The van der Waals surface area contributed by atoms with Crippen LogP contribution in [0.1, 0.15) is 23.2 Å². The third-order valence-electron chi connectivity index (χ3n) is 4.45. The molecule has 0 amide bonds. The van der Waals surface area contributed by atoms with Gasteiger partial charge in [-0.2, -0.15) is 0 Å². The largest absolute Gasteiger partial charge is 0.477 e. The van der Waals surface area contributed by atoms with Crippen molar-refractivity contribution in [1.82, 2.24) is 4.57 Å². The fourth-order valence-corrected chi connectivity index (χ4v) is 5.06. The van der Waals surface area contributed by atoms with Crippen molar-refractivity contribution >= 4 is 37.8 Å². The molecule has 1 heterocycles. The van der Waals surface area contributed by atoms with Crippen molar-refractivity contribution in [2.45, 2.75) is 17.9 Å². The van der Waals surface area contributed by atoms with E-state index in [9.17, 15) is 28.2 Å². The number of carboxylic acid groups (broad SMARTS) is 1. The molecule has 1 aromatic carbocycles. The zero-order chi connectivity index (χ0) is 23.1. The van der Waals surface area contributed by atoms with E-state index >= 15 is 0 Å². The molecule has 2 aromatic rings. The summed E-state index contributed by atoms with van der Waals surface area (Å²) >= 11 is 0. The fourth-order valence-electron chi connectivity index (χ4n) is 2.80. The fraction of sp³-hybridized carbons (Fsp3) is 0.333. The number of fused-ring (bicyclic) bond motifs is 1. The van der Waals surface area contributed by atoms with Crippen LogP contribution in [0.2, 0.25) is 0 Å². The number of rotatable bonds is 8. The van der Waals surface area contributed by atoms with Crippen molar-refractivity contribution in [2.75, 3.05) is 11.9 Å². The van der Waals surface area contributed by atoms with Crippen molar-refractivity contribution in [3.8, 4) is 0 Å². The van der Waals surface area contributed by atoms with E-state index in [1.165, 1.54) is 17.7 Å². The van der Waals surface area contributed by atoms with E-state index in [-0.39, 0.29) is 29.6 Å². The smallest absolute Gasteiger partial charge is 0.369 e. The van der Waals surface area contributed by atoms with Gasteiger partial charge in [0, 0.05) is 31.6 Å². The monoisotopic (exact) mass is 468 g/mol. The van der Waals surface area contributed by atoms with E-state index in [0.717, 1.165) is 12.3 Å². The van der Waals surface area contributed by atoms with Crippen LogP contribution in [0.15, 0.2) is 23.1 Å². The van der Waals surface area contributed by atoms with Gasteiger partial charge < -0.3 is 39.7 Å². The minimum atomic E-state index is -5.58. The lowest BCUT2D eigenvalue weighted by Gasteiger charge is -2.29. The van der Waals surface area contributed by atoms with Gasteiger partial charge in [0.25, 0.3) is 5.08 Å². The predicted molar refractivity (Wildman–Crippen MR) is 103 cm³/mol. The van der Waals surface area contributed by atoms with Crippen LogP contribution in [-0.4, -0.2) is 52.0 Å². The van der Waals surface area contributed by atoms with Crippen molar-refractivity contribution in [3.63, 3.8) is 0 Å². The van der Waals surface area contributed by atoms with Crippen LogP contribution < -0.4 is 10.7 Å². The number of aromatic carboxylic acids is 1. The number of anilines is 1. The molecule has 0 saturated carbocycles. The molecule has 0 radical (unpaired) electrons. The van der Waals surface area contributed by atoms with Gasteiger partial charge in [0.2, 0.25) is 5.43 Å². The summed E-state index contributed by atoms with van der Waals surface area (Å²) in [6.45, 7) is -0.244. The molecule has 0 bridgehead atoms. The van der Waals surface area contributed by atoms with Crippen LogP contribution in [0.5, 0.6) is 0 Å². The highest BCUT2D eigenvalue weighted by Gasteiger charge is 2.58. The number of aryl methyl sites for hydroxylation is 1. The van der Waals surface area contributed by atoms with Gasteiger partial charge in [0.05, 0.1) is 11.2 Å². The summed E-state index contributed by atoms with van der Waals surface area (Å²) in [7, 11) is -9.73. The quantitative estimate of drug-likeness (QED) is 0.210. The number of hydrogen-bond acceptors (Lipinski definition) is 6. The molecule has 7 N–H and O–H groups in total. The molecule has 0 aliphatic rings. The Morgan fingerprint density at radius 3 is 2.27 bits per heavy atom. The Hall–Kier alpha value is -2.11. The van der Waals surface area contributed by atoms with Crippen molar-refractivity contribution in [3.05, 3.63) is 39.9 Å². The Morgan fingerprint density at radius 1 is 1.20 bits per heavy atom. The van der Waals surface area contributed by atoms with E-state index in [2.05, 4.69) is 5.32 Å². The normalized spacial score (nSPS) is 12.9. The molecule has 1 aromatic heterocycles. The zero-order valence-corrected chi connectivity index (χ0v) is 17.2. The van der Waals surface area contributed by atoms with Gasteiger partial charge in [-0.15, -0.1) is 0 Å². The van der Waals surface area contributed by atoms with Crippen LogP contribution in [0.25, 0.3) is 10.9 Å². The highest BCUT2D eigenvalue weighted by atomic mass is 31.2. The molecule has 0 saturated heterocycles. The third kappa shape index (κ3) is 4.47. The number of nitrogens with zero attached hydrogens (tertiary/aromatic N) is 1. The molecule has 0 aliphatic heterocycles. The second kappa shape index (κ2) is 8.20. The van der Waals surface area contributed by atoms with Crippen LogP contribution >= 0.6 is 15.2 Å². The Labute approximate surface area is 167 Å². The lowest BCUT2D eigenvalue weighted by Crippen LogP contribution is -2.29. The summed E-state index contributed by atoms with van der Waals surface area (Å²) in [4.78, 5) is 59.6. The molecule has 15 heteroatoms. The molecule has 0 fully saturated rings. The van der Waals surface area contributed by atoms with Crippen LogP contribution in [0.3, 0.4) is 0 Å². The first kappa shape index (κ1) is 24.2. The minimum absolute atomic E-state index is 0.156. The topological polar surface area (TPSA) is 207 Å². The lowest BCUT2D eigenvalue weighted by molar-refractivity contribution is 0.0694. The first-order chi connectivity index (χ1) is 13.6. The number of carbonyl (C=O) groups is 1. The number of nitrogens with one attached hydrogen (secondary N) is 1. The molecule has 166 valence electrons. The summed E-state index contributed by atoms with van der Waals surface area (Å²) in [5.74, 6) is -2.40. The second-order valence-electron chi connectivity index (χ2n) is 6.53. The number of pyridine rings is 1. The maximum atomic E-state index is 14.3. The first-order valence-corrected chi connectivity index (χ1v) is 11.5. The molecular weight excluding hydrogens is 449 g/mol. The summed E-state index contributed by atoms with van der Waals surface area (Å²) in [5, 5.41) is 17.6. The van der Waals surface area contributed by atoms with Crippen molar-refractivity contribution in [2.24, 2.45) is 7.05 Å². The van der Waals surface area contributed by atoms with Gasteiger partial charge in [-0.3, -0.25) is 13.9 Å². The van der Waals surface area contributed by atoms with Crippen LogP contribution in [0, 0.1) is 5.82 Å². The van der Waals surface area contributed by atoms with E-state index < -0.39 is 49.5 Å². The van der Waals surface area contributed by atoms with Gasteiger partial charge in [0.15, 0.2) is 0 Å². The summed E-state index contributed by atoms with van der Waals surface area (Å²) < 4.78 is 38.3. The number of carboxylic acids is 1. The molecule has 0 spiro atoms. The SMILES string of the molecule is Cn1cc(C(=O)O)c(=O)c2cc(F)c(NCCCC(O)(P(=O)(O)O)P(=O)(O)O)cc21. The van der Waals surface area contributed by atoms with Gasteiger partial charge in [-0.05, 0) is 18.6 Å². The summed E-state index contributed by atoms with van der Waals surface area (Å²) in [6, 6.07) is 2.03. The standard InChI is InChI=1S/C15H19FN2O10P2/c1-18-7-9(14(20)21)13(19)8-5-10(16)11(6-12(8)18)17-4-2-3-15(22,29(23,24)25)30(26,27)28/h5-7,17,22H,2-4H2,1H3,(H,20,21)(H2,23,24,25)(H2,26,27,28). The van der Waals surface area contributed by atoms with E-state index in [1.807, 2.05) is 0 Å². The first-order valence-electron chi connectivity index (χ1n) is 8.24. The third-order valence-corrected chi connectivity index (χ3v) is 8.32. The van der Waals surface area contributed by atoms with E-state index in [1.54, 1.807) is 0 Å². The predicted octanol–water partition coefficient (Wildman–Crippen LogP) is 0.569. The maximum Gasteiger partial charge on any atom is 0.369 e. The maximum absolute atomic E-state index is 14.3. The average molecular weight is 468 g/mol. The second-order valence-corrected chi connectivity index (χ2v) is 10.5. The minimum Gasteiger partial charge on any atom is -0.477 e. The lowest BCUT2D eigenvalue weighted by atomic mass is 10.1. The number of benzene rings is 1. The Morgan fingerprint density at radius 2 is 1.77 bits per heavy atom. The van der Waals surface area contributed by atoms with Crippen LogP contribution in [-0.2, 0) is 16.2 Å². The highest BCUT2D eigenvalue weighted by molar-refractivity contribution is 7.72. The van der Waals surface area contributed by atoms with Crippen molar-refractivity contribution in [1.29, 1.82) is 0 Å². The molecule has 0 atom stereocenters. The molecule has 2 rings (SSSR count). The number of hydrogen-bond donors (Lipinski definition) is 7. The van der Waals surface area contributed by atoms with E-state index in [4.69, 9.17) is 24.7 Å². The molecule has 30 heavy (non-hydrogen) atoms. The molecule has 0 aliphatic carbocycles. The number of halogens is 1. The van der Waals surface area contributed by atoms with Gasteiger partial charge in [0.1, 0.15) is 11.4 Å². The Balaban J connectivity index is 2.26. The van der Waals surface area contributed by atoms with Crippen molar-refractivity contribution < 1.29 is 48.1 Å². The van der Waals surface area contributed by atoms with Gasteiger partial charge in [-0.25, -0.2) is 9.18 Å².